The number of carbonyl (C=O) groups is 2. The molecule has 2 heterocycles. The zero-order chi connectivity index (χ0) is 23.5. The van der Waals surface area contributed by atoms with Gasteiger partial charge in [0.15, 0.2) is 0 Å². The lowest BCUT2D eigenvalue weighted by molar-refractivity contribution is -0.120. The van der Waals surface area contributed by atoms with E-state index in [4.69, 9.17) is 4.74 Å². The first-order valence-electron chi connectivity index (χ1n) is 11.9. The maximum atomic E-state index is 13.7. The Hall–Kier alpha value is -3.28. The highest BCUT2D eigenvalue weighted by molar-refractivity contribution is 6.45. The molecule has 0 N–H and O–H groups in total. The van der Waals surface area contributed by atoms with Crippen molar-refractivity contribution in [1.29, 1.82) is 0 Å². The van der Waals surface area contributed by atoms with Crippen LogP contribution in [0, 0.1) is 5.92 Å². The molecule has 2 aliphatic heterocycles. The number of ether oxygens (including phenoxy) is 1. The highest BCUT2D eigenvalue weighted by Gasteiger charge is 2.43. The fraction of sp³-hybridized carbons (Fsp3) is 0.407. The van der Waals surface area contributed by atoms with Gasteiger partial charge < -0.3 is 14.5 Å². The first kappa shape index (κ1) is 22.9. The second kappa shape index (κ2) is 9.69. The summed E-state index contributed by atoms with van der Waals surface area (Å²) in [5.41, 5.74) is 3.42. The number of carbonyl (C=O) groups excluding carboxylic acids is 2. The summed E-state index contributed by atoms with van der Waals surface area (Å²) in [7, 11) is 1.61. The molecule has 0 bridgehead atoms. The molecule has 2 aromatic rings. The lowest BCUT2D eigenvalue weighted by atomic mass is 9.98. The van der Waals surface area contributed by atoms with Gasteiger partial charge in [0.25, 0.3) is 11.8 Å². The van der Waals surface area contributed by atoms with E-state index < -0.39 is 0 Å². The molecule has 0 aromatic heterocycles. The number of methoxy groups -OCH3 is 1. The summed E-state index contributed by atoms with van der Waals surface area (Å²) in [4.78, 5) is 33.1. The molecule has 2 aromatic carbocycles. The van der Waals surface area contributed by atoms with Crippen LogP contribution in [0.15, 0.2) is 54.2 Å². The third-order valence-corrected chi connectivity index (χ3v) is 6.65. The van der Waals surface area contributed by atoms with Gasteiger partial charge in [-0.2, -0.15) is 0 Å². The molecule has 33 heavy (non-hydrogen) atoms. The molecule has 1 saturated heterocycles. The van der Waals surface area contributed by atoms with Crippen LogP contribution in [0.2, 0.25) is 0 Å². The maximum absolute atomic E-state index is 13.7. The van der Waals surface area contributed by atoms with Crippen LogP contribution in [0.3, 0.4) is 0 Å². The van der Waals surface area contributed by atoms with Crippen molar-refractivity contribution in [2.45, 2.75) is 33.6 Å². The second-order valence-electron chi connectivity index (χ2n) is 8.78. The monoisotopic (exact) mass is 447 g/mol. The van der Waals surface area contributed by atoms with Gasteiger partial charge in [-0.3, -0.25) is 9.59 Å². The average Bonchev–Trinajstić information content (AvgIpc) is 3.10. The second-order valence-corrected chi connectivity index (χ2v) is 8.78. The third-order valence-electron chi connectivity index (χ3n) is 6.65. The van der Waals surface area contributed by atoms with Crippen molar-refractivity contribution in [3.63, 3.8) is 0 Å². The molecule has 174 valence electrons. The highest BCUT2D eigenvalue weighted by Crippen LogP contribution is 2.37. The van der Waals surface area contributed by atoms with Crippen molar-refractivity contribution in [2.24, 2.45) is 5.92 Å². The van der Waals surface area contributed by atoms with Crippen LogP contribution >= 0.6 is 0 Å². The standard InChI is InChI=1S/C27H33N3O3/c1-5-28(6-2)21-11-13-22(14-12-21)30-26(31)24(20-9-15-23(33-4)16-10-20)25(27(30)32)29-17-7-8-19(3)18-29/h9-16,19H,5-8,17-18H2,1-4H3. The van der Waals surface area contributed by atoms with E-state index in [-0.39, 0.29) is 11.8 Å². The van der Waals surface area contributed by atoms with Crippen molar-refractivity contribution in [1.82, 2.24) is 4.90 Å². The summed E-state index contributed by atoms with van der Waals surface area (Å²) in [5, 5.41) is 0. The van der Waals surface area contributed by atoms with Gasteiger partial charge in [0.1, 0.15) is 11.4 Å². The number of rotatable bonds is 7. The zero-order valence-corrected chi connectivity index (χ0v) is 20.0. The summed E-state index contributed by atoms with van der Waals surface area (Å²) in [6, 6.07) is 15.1. The molecule has 0 radical (unpaired) electrons. The van der Waals surface area contributed by atoms with Crippen molar-refractivity contribution in [3.8, 4) is 5.75 Å². The Balaban J connectivity index is 1.74. The Labute approximate surface area is 196 Å². The fourth-order valence-corrected chi connectivity index (χ4v) is 4.86. The first-order valence-corrected chi connectivity index (χ1v) is 11.9. The molecular formula is C27H33N3O3. The van der Waals surface area contributed by atoms with E-state index in [1.807, 2.05) is 48.5 Å². The van der Waals surface area contributed by atoms with E-state index in [0.717, 1.165) is 50.3 Å². The molecule has 6 nitrogen and oxygen atoms in total. The van der Waals surface area contributed by atoms with Gasteiger partial charge in [0, 0.05) is 31.9 Å². The molecule has 1 unspecified atom stereocenters. The van der Waals surface area contributed by atoms with Gasteiger partial charge in [-0.1, -0.05) is 19.1 Å². The zero-order valence-electron chi connectivity index (χ0n) is 20.0. The maximum Gasteiger partial charge on any atom is 0.282 e. The molecular weight excluding hydrogens is 414 g/mol. The highest BCUT2D eigenvalue weighted by atomic mass is 16.5. The van der Waals surface area contributed by atoms with Gasteiger partial charge >= 0.3 is 0 Å². The van der Waals surface area contributed by atoms with Crippen molar-refractivity contribution in [2.75, 3.05) is 43.1 Å². The van der Waals surface area contributed by atoms with Crippen LogP contribution in [0.4, 0.5) is 11.4 Å². The molecule has 1 atom stereocenters. The number of benzene rings is 2. The SMILES string of the molecule is CCN(CC)c1ccc(N2C(=O)C(c3ccc(OC)cc3)=C(N3CCCC(C)C3)C2=O)cc1. The number of nitrogens with zero attached hydrogens (tertiary/aromatic N) is 3. The van der Waals surface area contributed by atoms with Gasteiger partial charge in [0.05, 0.1) is 18.4 Å². The van der Waals surface area contributed by atoms with Crippen LogP contribution in [0.1, 0.15) is 39.2 Å². The summed E-state index contributed by atoms with van der Waals surface area (Å²) < 4.78 is 5.28. The smallest absolute Gasteiger partial charge is 0.282 e. The van der Waals surface area contributed by atoms with Crippen LogP contribution in [-0.2, 0) is 9.59 Å². The molecule has 0 saturated carbocycles. The van der Waals surface area contributed by atoms with E-state index in [1.165, 1.54) is 4.90 Å². The first-order chi connectivity index (χ1) is 16.0. The Morgan fingerprint density at radius 3 is 2.21 bits per heavy atom. The predicted molar refractivity (Wildman–Crippen MR) is 132 cm³/mol. The number of piperidine rings is 1. The lowest BCUT2D eigenvalue weighted by Gasteiger charge is -2.33. The quantitative estimate of drug-likeness (QED) is 0.583. The van der Waals surface area contributed by atoms with E-state index in [1.54, 1.807) is 7.11 Å². The van der Waals surface area contributed by atoms with E-state index >= 15 is 0 Å². The number of hydrogen-bond donors (Lipinski definition) is 0. The molecule has 2 amide bonds. The molecule has 2 aliphatic rings. The summed E-state index contributed by atoms with van der Waals surface area (Å²) in [5.74, 6) is 0.686. The van der Waals surface area contributed by atoms with E-state index in [0.29, 0.717) is 28.6 Å². The molecule has 0 aliphatic carbocycles. The van der Waals surface area contributed by atoms with E-state index in [9.17, 15) is 9.59 Å². The Morgan fingerprint density at radius 1 is 0.970 bits per heavy atom. The molecule has 4 rings (SSSR count). The Morgan fingerprint density at radius 2 is 1.64 bits per heavy atom. The van der Waals surface area contributed by atoms with Crippen molar-refractivity contribution in [3.05, 3.63) is 59.8 Å². The van der Waals surface area contributed by atoms with Crippen molar-refractivity contribution >= 4 is 28.8 Å². The fourth-order valence-electron chi connectivity index (χ4n) is 4.86. The number of amides is 2. The van der Waals surface area contributed by atoms with Gasteiger partial charge in [-0.05, 0) is 74.6 Å². The Bertz CT molecular complexity index is 1040. The molecule has 1 fully saturated rings. The number of hydrogen-bond acceptors (Lipinski definition) is 5. The minimum atomic E-state index is -0.269. The molecule has 0 spiro atoms. The topological polar surface area (TPSA) is 53.1 Å². The van der Waals surface area contributed by atoms with Crippen LogP contribution < -0.4 is 14.5 Å². The van der Waals surface area contributed by atoms with Gasteiger partial charge in [0.2, 0.25) is 0 Å². The average molecular weight is 448 g/mol. The van der Waals surface area contributed by atoms with Gasteiger partial charge in [-0.15, -0.1) is 0 Å². The minimum absolute atomic E-state index is 0.240. The summed E-state index contributed by atoms with van der Waals surface area (Å²) in [6.07, 6.45) is 2.15. The lowest BCUT2D eigenvalue weighted by Crippen LogP contribution is -2.39. The van der Waals surface area contributed by atoms with Crippen LogP contribution in [0.25, 0.3) is 5.57 Å². The third kappa shape index (κ3) is 4.34. The predicted octanol–water partition coefficient (Wildman–Crippen LogP) is 4.56. The number of anilines is 2. The van der Waals surface area contributed by atoms with Crippen LogP contribution in [-0.4, -0.2) is 50.0 Å². The van der Waals surface area contributed by atoms with E-state index in [2.05, 4.69) is 30.6 Å². The van der Waals surface area contributed by atoms with Crippen LogP contribution in [0.5, 0.6) is 5.75 Å². The summed E-state index contributed by atoms with van der Waals surface area (Å²) >= 11 is 0. The Kier molecular flexibility index (Phi) is 6.72. The van der Waals surface area contributed by atoms with Crippen molar-refractivity contribution < 1.29 is 14.3 Å². The van der Waals surface area contributed by atoms with Gasteiger partial charge in [-0.25, -0.2) is 4.90 Å². The normalized spacial score (nSPS) is 18.8. The number of imide groups is 1. The largest absolute Gasteiger partial charge is 0.497 e. The summed E-state index contributed by atoms with van der Waals surface area (Å²) in [6.45, 7) is 9.79. The minimum Gasteiger partial charge on any atom is -0.497 e. The molecule has 6 heteroatoms. The number of likely N-dealkylation sites (tertiary alicyclic amines) is 1.